The lowest BCUT2D eigenvalue weighted by molar-refractivity contribution is 0.639. The summed E-state index contributed by atoms with van der Waals surface area (Å²) >= 11 is 0. The minimum absolute atomic E-state index is 0.589. The van der Waals surface area contributed by atoms with Crippen LogP contribution in [0.2, 0.25) is 25.2 Å². The van der Waals surface area contributed by atoms with Gasteiger partial charge >= 0.3 is 0 Å². The van der Waals surface area contributed by atoms with Crippen LogP contribution in [-0.2, 0) is 0 Å². The zero-order valence-corrected chi connectivity index (χ0v) is 12.3. The Hall–Kier alpha value is -0.373. The van der Waals surface area contributed by atoms with E-state index < -0.39 is 8.07 Å². The van der Waals surface area contributed by atoms with Crippen LogP contribution in [0.25, 0.3) is 0 Å². The van der Waals surface area contributed by atoms with Crippen molar-refractivity contribution >= 4 is 13.8 Å². The van der Waals surface area contributed by atoms with Gasteiger partial charge in [0.15, 0.2) is 0 Å². The Morgan fingerprint density at radius 1 is 1.12 bits per heavy atom. The van der Waals surface area contributed by atoms with E-state index >= 15 is 0 Å². The first-order valence-electron chi connectivity index (χ1n) is 6.71. The highest BCUT2D eigenvalue weighted by Gasteiger charge is 2.28. The van der Waals surface area contributed by atoms with E-state index in [1.807, 2.05) is 0 Å². The number of hydrogen-bond acceptors (Lipinski definition) is 1. The molecule has 2 heteroatoms. The van der Waals surface area contributed by atoms with Gasteiger partial charge < -0.3 is 0 Å². The molecular weight excluding hydrogens is 210 g/mol. The van der Waals surface area contributed by atoms with E-state index in [1.54, 1.807) is 0 Å². The van der Waals surface area contributed by atoms with E-state index in [9.17, 15) is 0 Å². The van der Waals surface area contributed by atoms with Crippen molar-refractivity contribution in [3.63, 3.8) is 0 Å². The van der Waals surface area contributed by atoms with E-state index in [2.05, 4.69) is 32.3 Å². The number of aliphatic imine (C=N–C) groups is 1. The molecule has 1 rings (SSSR count). The first-order chi connectivity index (χ1) is 7.55. The van der Waals surface area contributed by atoms with Crippen LogP contribution in [0.4, 0.5) is 0 Å². The molecule has 0 aliphatic carbocycles. The summed E-state index contributed by atoms with van der Waals surface area (Å²) in [6.45, 7) is 12.4. The van der Waals surface area contributed by atoms with E-state index in [0.717, 1.165) is 6.54 Å². The third-order valence-corrected chi connectivity index (χ3v) is 5.87. The Labute approximate surface area is 102 Å². The normalized spacial score (nSPS) is 21.3. The summed E-state index contributed by atoms with van der Waals surface area (Å²) in [6, 6.07) is 0. The molecule has 1 aliphatic rings. The molecule has 0 fully saturated rings. The molecule has 0 aromatic heterocycles. The molecule has 0 bridgehead atoms. The minimum atomic E-state index is -1.18. The SMILES string of the molecule is C=CC(C1=NCCCCCCC1)[Si](C)(C)C. The van der Waals surface area contributed by atoms with Gasteiger partial charge in [0.1, 0.15) is 0 Å². The Morgan fingerprint density at radius 3 is 2.38 bits per heavy atom. The van der Waals surface area contributed by atoms with Crippen LogP contribution in [0.5, 0.6) is 0 Å². The van der Waals surface area contributed by atoms with Crippen molar-refractivity contribution in [2.75, 3.05) is 6.54 Å². The largest absolute Gasteiger partial charge is 0.294 e. The molecule has 1 heterocycles. The maximum absolute atomic E-state index is 4.86. The molecule has 0 aromatic rings. The monoisotopic (exact) mass is 237 g/mol. The number of rotatable bonds is 3. The van der Waals surface area contributed by atoms with Crippen molar-refractivity contribution in [3.05, 3.63) is 12.7 Å². The fourth-order valence-electron chi connectivity index (χ4n) is 2.49. The summed E-state index contributed by atoms with van der Waals surface area (Å²) < 4.78 is 0. The van der Waals surface area contributed by atoms with Gasteiger partial charge in [0, 0.05) is 17.8 Å². The fraction of sp³-hybridized carbons (Fsp3) is 0.786. The van der Waals surface area contributed by atoms with Crippen LogP contribution in [0.3, 0.4) is 0 Å². The van der Waals surface area contributed by atoms with Gasteiger partial charge in [-0.3, -0.25) is 4.99 Å². The summed E-state index contributed by atoms with van der Waals surface area (Å²) in [7, 11) is -1.18. The van der Waals surface area contributed by atoms with Gasteiger partial charge in [0.05, 0.1) is 8.07 Å². The summed E-state index contributed by atoms with van der Waals surface area (Å²) in [5.74, 6) is 0. The third kappa shape index (κ3) is 4.24. The lowest BCUT2D eigenvalue weighted by atomic mass is 10.1. The summed E-state index contributed by atoms with van der Waals surface area (Å²) in [6.07, 6.45) is 10.1. The van der Waals surface area contributed by atoms with Crippen molar-refractivity contribution in [3.8, 4) is 0 Å². The van der Waals surface area contributed by atoms with Crippen molar-refractivity contribution < 1.29 is 0 Å². The molecule has 1 unspecified atom stereocenters. The highest BCUT2D eigenvalue weighted by molar-refractivity contribution is 6.81. The van der Waals surface area contributed by atoms with Gasteiger partial charge in [-0.2, -0.15) is 0 Å². The average molecular weight is 237 g/mol. The van der Waals surface area contributed by atoms with Gasteiger partial charge in [0.25, 0.3) is 0 Å². The highest BCUT2D eigenvalue weighted by atomic mass is 28.3. The van der Waals surface area contributed by atoms with Gasteiger partial charge in [-0.15, -0.1) is 6.58 Å². The molecule has 0 saturated carbocycles. The Morgan fingerprint density at radius 2 is 1.75 bits per heavy atom. The van der Waals surface area contributed by atoms with Gasteiger partial charge in [-0.1, -0.05) is 45.0 Å². The van der Waals surface area contributed by atoms with Crippen LogP contribution >= 0.6 is 0 Å². The second kappa shape index (κ2) is 6.38. The quantitative estimate of drug-likeness (QED) is 0.499. The summed E-state index contributed by atoms with van der Waals surface area (Å²) in [5.41, 5.74) is 2.04. The van der Waals surface area contributed by atoms with Gasteiger partial charge in [0.2, 0.25) is 0 Å². The molecule has 0 N–H and O–H groups in total. The zero-order chi connectivity index (χ0) is 12.0. The zero-order valence-electron chi connectivity index (χ0n) is 11.3. The van der Waals surface area contributed by atoms with Gasteiger partial charge in [-0.25, -0.2) is 0 Å². The van der Waals surface area contributed by atoms with Crippen molar-refractivity contribution in [2.24, 2.45) is 4.99 Å². The van der Waals surface area contributed by atoms with Crippen molar-refractivity contribution in [1.82, 2.24) is 0 Å². The highest BCUT2D eigenvalue weighted by Crippen LogP contribution is 2.28. The van der Waals surface area contributed by atoms with E-state index in [-0.39, 0.29) is 0 Å². The third-order valence-electron chi connectivity index (χ3n) is 3.43. The van der Waals surface area contributed by atoms with Gasteiger partial charge in [-0.05, 0) is 19.3 Å². The molecule has 1 nitrogen and oxygen atoms in total. The molecule has 0 saturated heterocycles. The lowest BCUT2D eigenvalue weighted by Gasteiger charge is -2.27. The Balaban J connectivity index is 2.75. The first-order valence-corrected chi connectivity index (χ1v) is 10.3. The first kappa shape index (κ1) is 13.7. The number of allylic oxidation sites excluding steroid dienone is 1. The molecule has 1 aliphatic heterocycles. The molecule has 0 spiro atoms. The fourth-order valence-corrected chi connectivity index (χ4v) is 4.44. The van der Waals surface area contributed by atoms with Crippen molar-refractivity contribution in [2.45, 2.75) is 63.7 Å². The molecule has 16 heavy (non-hydrogen) atoms. The second-order valence-electron chi connectivity index (χ2n) is 5.97. The smallest absolute Gasteiger partial charge is 0.0581 e. The number of hydrogen-bond donors (Lipinski definition) is 0. The molecule has 92 valence electrons. The Kier molecular flexibility index (Phi) is 5.46. The van der Waals surface area contributed by atoms with E-state index in [4.69, 9.17) is 4.99 Å². The molecule has 0 aromatic carbocycles. The topological polar surface area (TPSA) is 12.4 Å². The van der Waals surface area contributed by atoms with Crippen LogP contribution in [0.1, 0.15) is 38.5 Å². The Bertz CT molecular complexity index is 250. The summed E-state index contributed by atoms with van der Waals surface area (Å²) in [4.78, 5) is 4.86. The maximum atomic E-state index is 4.86. The summed E-state index contributed by atoms with van der Waals surface area (Å²) in [5, 5.41) is 0. The maximum Gasteiger partial charge on any atom is 0.0581 e. The molecule has 0 amide bonds. The van der Waals surface area contributed by atoms with Crippen LogP contribution in [0.15, 0.2) is 17.6 Å². The van der Waals surface area contributed by atoms with Crippen molar-refractivity contribution in [1.29, 1.82) is 0 Å². The predicted octanol–water partition coefficient (Wildman–Crippen LogP) is 4.68. The molecule has 1 atom stereocenters. The standard InChI is InChI=1S/C14H27NSi/c1-5-14(16(2,3)4)13-11-9-7-6-8-10-12-15-13/h5,14H,1,6-12H2,2-4H3. The predicted molar refractivity (Wildman–Crippen MR) is 77.3 cm³/mol. The van der Waals surface area contributed by atoms with E-state index in [1.165, 1.54) is 44.2 Å². The van der Waals surface area contributed by atoms with Crippen LogP contribution < -0.4 is 0 Å². The van der Waals surface area contributed by atoms with Crippen LogP contribution in [0, 0.1) is 0 Å². The lowest BCUT2D eigenvalue weighted by Crippen LogP contribution is -2.32. The van der Waals surface area contributed by atoms with Crippen LogP contribution in [-0.4, -0.2) is 20.3 Å². The van der Waals surface area contributed by atoms with E-state index in [0.29, 0.717) is 5.54 Å². The second-order valence-corrected chi connectivity index (χ2v) is 11.3. The minimum Gasteiger partial charge on any atom is -0.294 e. The molecule has 0 radical (unpaired) electrons. The number of nitrogens with zero attached hydrogens (tertiary/aromatic N) is 1. The average Bonchev–Trinajstić information content (AvgIpc) is 2.30. The molecular formula is C14H27NSi.